The zero-order valence-electron chi connectivity index (χ0n) is 25.2. The molecule has 1 saturated heterocycles. The third-order valence-corrected chi connectivity index (χ3v) is 7.72. The van der Waals surface area contributed by atoms with Gasteiger partial charge >= 0.3 is 11.9 Å². The lowest BCUT2D eigenvalue weighted by molar-refractivity contribution is -0.134. The summed E-state index contributed by atoms with van der Waals surface area (Å²) in [6, 6.07) is 8.36. The molecular weight excluding hydrogens is 552 g/mol. The molecule has 11 heteroatoms. The highest BCUT2D eigenvalue weighted by Gasteiger charge is 2.25. The minimum absolute atomic E-state index is 0.558. The first kappa shape index (κ1) is 32.0. The molecule has 0 unspecified atom stereocenters. The summed E-state index contributed by atoms with van der Waals surface area (Å²) >= 11 is 0. The van der Waals surface area contributed by atoms with E-state index in [2.05, 4.69) is 52.2 Å². The average molecular weight is 595 g/mol. The summed E-state index contributed by atoms with van der Waals surface area (Å²) < 4.78 is 17.5. The third kappa shape index (κ3) is 9.79. The van der Waals surface area contributed by atoms with Crippen molar-refractivity contribution in [2.75, 3.05) is 40.9 Å². The monoisotopic (exact) mass is 594 g/mol. The van der Waals surface area contributed by atoms with Crippen LogP contribution in [0.25, 0.3) is 11.0 Å². The summed E-state index contributed by atoms with van der Waals surface area (Å²) in [5.41, 5.74) is 4.25. The lowest BCUT2D eigenvalue weighted by Gasteiger charge is -2.32. The Morgan fingerprint density at radius 2 is 1.79 bits per heavy atom. The van der Waals surface area contributed by atoms with E-state index in [-0.39, 0.29) is 0 Å². The number of benzene rings is 1. The van der Waals surface area contributed by atoms with E-state index in [9.17, 15) is 9.59 Å². The molecule has 1 aliphatic heterocycles. The SMILES string of the molecule is COc1ncccc1CN1CCC(CCc2noc3c(CN(C)C)c(OCC4CC4)ccc23)CC1.O=C(O)C=CC(=O)O. The number of aryl methyl sites for hydroxylation is 1. The van der Waals surface area contributed by atoms with Crippen LogP contribution in [-0.4, -0.2) is 83.0 Å². The van der Waals surface area contributed by atoms with Crippen LogP contribution in [0.3, 0.4) is 0 Å². The first-order valence-electron chi connectivity index (χ1n) is 14.7. The van der Waals surface area contributed by atoms with E-state index < -0.39 is 11.9 Å². The molecule has 5 rings (SSSR count). The fourth-order valence-electron chi connectivity index (χ4n) is 5.25. The van der Waals surface area contributed by atoms with Crippen LogP contribution < -0.4 is 9.47 Å². The number of fused-ring (bicyclic) bond motifs is 1. The van der Waals surface area contributed by atoms with E-state index in [1.165, 1.54) is 25.7 Å². The molecule has 43 heavy (non-hydrogen) atoms. The second-order valence-corrected chi connectivity index (χ2v) is 11.5. The molecule has 2 fully saturated rings. The number of nitrogens with zero attached hydrogens (tertiary/aromatic N) is 4. The smallest absolute Gasteiger partial charge is 0.328 e. The summed E-state index contributed by atoms with van der Waals surface area (Å²) in [6.45, 7) is 4.71. The van der Waals surface area contributed by atoms with Gasteiger partial charge in [-0.25, -0.2) is 14.6 Å². The number of hydrogen-bond acceptors (Lipinski definition) is 9. The fraction of sp³-hybridized carbons (Fsp3) is 0.500. The lowest BCUT2D eigenvalue weighted by atomic mass is 9.91. The third-order valence-electron chi connectivity index (χ3n) is 7.72. The number of carboxylic acids is 2. The number of carboxylic acid groups (broad SMARTS) is 2. The summed E-state index contributed by atoms with van der Waals surface area (Å²) in [6.07, 6.45) is 10.0. The molecule has 232 valence electrons. The Morgan fingerprint density at radius 1 is 1.07 bits per heavy atom. The zero-order chi connectivity index (χ0) is 30.8. The van der Waals surface area contributed by atoms with Gasteiger partial charge in [0.2, 0.25) is 5.88 Å². The molecule has 3 aromatic rings. The molecule has 1 saturated carbocycles. The van der Waals surface area contributed by atoms with Gasteiger partial charge in [-0.1, -0.05) is 11.2 Å². The number of carbonyl (C=O) groups is 2. The van der Waals surface area contributed by atoms with Crippen LogP contribution in [0.4, 0.5) is 0 Å². The van der Waals surface area contributed by atoms with E-state index in [1.807, 2.05) is 6.07 Å². The Kier molecular flexibility index (Phi) is 11.5. The van der Waals surface area contributed by atoms with Gasteiger partial charge in [-0.15, -0.1) is 0 Å². The highest BCUT2D eigenvalue weighted by atomic mass is 16.5. The number of pyridine rings is 1. The topological polar surface area (TPSA) is 138 Å². The summed E-state index contributed by atoms with van der Waals surface area (Å²) in [5.74, 6) is 0.609. The van der Waals surface area contributed by atoms with Gasteiger partial charge in [0, 0.05) is 42.4 Å². The molecule has 0 radical (unpaired) electrons. The number of aromatic nitrogens is 2. The lowest BCUT2D eigenvalue weighted by Crippen LogP contribution is -2.33. The average Bonchev–Trinajstić information content (AvgIpc) is 3.73. The maximum Gasteiger partial charge on any atom is 0.328 e. The summed E-state index contributed by atoms with van der Waals surface area (Å²) in [5, 5.41) is 21.3. The van der Waals surface area contributed by atoms with E-state index in [4.69, 9.17) is 24.2 Å². The van der Waals surface area contributed by atoms with Crippen LogP contribution >= 0.6 is 0 Å². The molecule has 1 aromatic carbocycles. The van der Waals surface area contributed by atoms with Crippen molar-refractivity contribution in [3.8, 4) is 11.6 Å². The molecule has 3 heterocycles. The maximum absolute atomic E-state index is 9.55. The Labute approximate surface area is 252 Å². The molecule has 0 spiro atoms. The maximum atomic E-state index is 9.55. The number of rotatable bonds is 13. The highest BCUT2D eigenvalue weighted by molar-refractivity contribution is 5.89. The van der Waals surface area contributed by atoms with Crippen molar-refractivity contribution >= 4 is 22.9 Å². The second kappa shape index (κ2) is 15.5. The summed E-state index contributed by atoms with van der Waals surface area (Å²) in [7, 11) is 5.85. The van der Waals surface area contributed by atoms with Crippen molar-refractivity contribution in [2.45, 2.75) is 51.6 Å². The van der Waals surface area contributed by atoms with Crippen LogP contribution in [0.15, 0.2) is 47.1 Å². The molecule has 2 aromatic heterocycles. The molecule has 11 nitrogen and oxygen atoms in total. The number of methoxy groups -OCH3 is 1. The molecule has 1 aliphatic carbocycles. The van der Waals surface area contributed by atoms with E-state index in [0.717, 1.165) is 96.9 Å². The quantitative estimate of drug-likeness (QED) is 0.268. The van der Waals surface area contributed by atoms with Gasteiger partial charge in [0.15, 0.2) is 5.58 Å². The van der Waals surface area contributed by atoms with Crippen molar-refractivity contribution in [2.24, 2.45) is 11.8 Å². The Balaban J connectivity index is 0.000000467. The predicted molar refractivity (Wildman–Crippen MR) is 161 cm³/mol. The second-order valence-electron chi connectivity index (χ2n) is 11.5. The van der Waals surface area contributed by atoms with Crippen LogP contribution in [-0.2, 0) is 29.1 Å². The number of aliphatic carboxylic acids is 2. The van der Waals surface area contributed by atoms with Crippen LogP contribution in [0, 0.1) is 11.8 Å². The van der Waals surface area contributed by atoms with Crippen molar-refractivity contribution in [3.05, 3.63) is 59.4 Å². The summed E-state index contributed by atoms with van der Waals surface area (Å²) in [4.78, 5) is 28.1. The van der Waals surface area contributed by atoms with Gasteiger partial charge in [-0.05, 0) is 95.7 Å². The molecule has 2 N–H and O–H groups in total. The molecule has 0 bridgehead atoms. The Morgan fingerprint density at radius 3 is 2.42 bits per heavy atom. The fourth-order valence-corrected chi connectivity index (χ4v) is 5.25. The van der Waals surface area contributed by atoms with Crippen molar-refractivity contribution in [1.82, 2.24) is 19.9 Å². The first-order valence-corrected chi connectivity index (χ1v) is 14.7. The van der Waals surface area contributed by atoms with Gasteiger partial charge in [-0.2, -0.15) is 0 Å². The Bertz CT molecular complexity index is 1380. The molecular formula is C32H42N4O7. The largest absolute Gasteiger partial charge is 0.493 e. The van der Waals surface area contributed by atoms with Gasteiger partial charge in [-0.3, -0.25) is 4.90 Å². The minimum atomic E-state index is -1.26. The van der Waals surface area contributed by atoms with Gasteiger partial charge in [0.25, 0.3) is 0 Å². The minimum Gasteiger partial charge on any atom is -0.493 e. The number of piperidine rings is 1. The Hall–Kier alpha value is -3.96. The van der Waals surface area contributed by atoms with Gasteiger partial charge in [0.1, 0.15) is 5.75 Å². The molecule has 2 aliphatic rings. The van der Waals surface area contributed by atoms with Crippen molar-refractivity contribution in [1.29, 1.82) is 0 Å². The van der Waals surface area contributed by atoms with E-state index in [0.29, 0.717) is 12.2 Å². The number of ether oxygens (including phenoxy) is 2. The first-order chi connectivity index (χ1) is 20.7. The normalized spacial score (nSPS) is 15.9. The van der Waals surface area contributed by atoms with E-state index >= 15 is 0 Å². The number of hydrogen-bond donors (Lipinski definition) is 2. The van der Waals surface area contributed by atoms with Crippen molar-refractivity contribution < 1.29 is 33.8 Å². The highest BCUT2D eigenvalue weighted by Crippen LogP contribution is 2.35. The predicted octanol–water partition coefficient (Wildman–Crippen LogP) is 4.64. The molecule has 0 amide bonds. The van der Waals surface area contributed by atoms with Crippen molar-refractivity contribution in [3.63, 3.8) is 0 Å². The van der Waals surface area contributed by atoms with Gasteiger partial charge < -0.3 is 29.1 Å². The number of likely N-dealkylation sites (tertiary alicyclic amines) is 1. The van der Waals surface area contributed by atoms with E-state index in [1.54, 1.807) is 13.3 Å². The van der Waals surface area contributed by atoms with Crippen LogP contribution in [0.5, 0.6) is 11.6 Å². The standard InChI is InChI=1S/C28H38N4O3.C4H4O4/c1-31(2)18-24-26(34-19-21-6-7-21)11-9-23-25(30-35-27(23)24)10-8-20-12-15-32(16-13-20)17-22-5-4-14-29-28(22)33-3;5-3(6)1-2-4(7)8/h4-5,9,11,14,20-21H,6-8,10,12-13,15-19H2,1-3H3;1-2H,(H,5,6)(H,7,8). The van der Waals surface area contributed by atoms with Crippen LogP contribution in [0.2, 0.25) is 0 Å². The van der Waals surface area contributed by atoms with Crippen LogP contribution in [0.1, 0.15) is 48.9 Å². The van der Waals surface area contributed by atoms with Gasteiger partial charge in [0.05, 0.1) is 25.0 Å². The molecule has 0 atom stereocenters. The zero-order valence-corrected chi connectivity index (χ0v) is 25.2.